The van der Waals surface area contributed by atoms with Crippen LogP contribution in [0.5, 0.6) is 0 Å². The molecule has 1 aromatic carbocycles. The molecule has 0 saturated carbocycles. The molecule has 0 aliphatic heterocycles. The smallest absolute Gasteiger partial charge is 0.296 e. The van der Waals surface area contributed by atoms with Gasteiger partial charge in [0.15, 0.2) is 6.29 Å². The van der Waals surface area contributed by atoms with E-state index in [9.17, 15) is 18.0 Å². The first-order valence-corrected chi connectivity index (χ1v) is 5.10. The van der Waals surface area contributed by atoms with Crippen molar-refractivity contribution in [2.45, 2.75) is 6.18 Å². The van der Waals surface area contributed by atoms with Crippen LogP contribution in [0.25, 0.3) is 11.1 Å². The van der Waals surface area contributed by atoms with E-state index in [0.717, 1.165) is 6.07 Å². The van der Waals surface area contributed by atoms with Crippen LogP contribution in [0.2, 0.25) is 0 Å². The predicted octanol–water partition coefficient (Wildman–Crippen LogP) is 3.58. The summed E-state index contributed by atoms with van der Waals surface area (Å²) < 4.78 is 38.2. The summed E-state index contributed by atoms with van der Waals surface area (Å²) in [6.07, 6.45) is -3.22. The Morgan fingerprint density at radius 1 is 1.06 bits per heavy atom. The molecule has 2 aromatic rings. The molecule has 0 radical (unpaired) electrons. The Hall–Kier alpha value is -2.17. The van der Waals surface area contributed by atoms with Crippen LogP contribution in [0, 0.1) is 0 Å². The summed E-state index contributed by atoms with van der Waals surface area (Å²) in [5.41, 5.74) is -0.664. The third-order valence-corrected chi connectivity index (χ3v) is 2.44. The van der Waals surface area contributed by atoms with Crippen molar-refractivity contribution in [1.29, 1.82) is 0 Å². The molecule has 2 nitrogen and oxygen atoms in total. The van der Waals surface area contributed by atoms with Gasteiger partial charge in [0.1, 0.15) is 5.69 Å². The van der Waals surface area contributed by atoms with Crippen LogP contribution in [-0.2, 0) is 6.18 Å². The zero-order valence-electron chi connectivity index (χ0n) is 9.11. The zero-order valence-corrected chi connectivity index (χ0v) is 9.11. The van der Waals surface area contributed by atoms with E-state index in [0.29, 0.717) is 11.1 Å². The lowest BCUT2D eigenvalue weighted by molar-refractivity contribution is -0.138. The fourth-order valence-corrected chi connectivity index (χ4v) is 1.58. The quantitative estimate of drug-likeness (QED) is 0.763. The molecule has 0 spiro atoms. The second kappa shape index (κ2) is 4.60. The average Bonchev–Trinajstić information content (AvgIpc) is 2.38. The fraction of sp³-hybridized carbons (Fsp3) is 0.0769. The molecule has 0 bridgehead atoms. The van der Waals surface area contributed by atoms with Crippen molar-refractivity contribution in [2.24, 2.45) is 0 Å². The van der Waals surface area contributed by atoms with Crippen LogP contribution < -0.4 is 0 Å². The summed E-state index contributed by atoms with van der Waals surface area (Å²) in [6.45, 7) is 0. The number of nitrogens with zero attached hydrogens (tertiary/aromatic N) is 1. The van der Waals surface area contributed by atoms with Gasteiger partial charge in [-0.2, -0.15) is 13.2 Å². The highest BCUT2D eigenvalue weighted by molar-refractivity contribution is 5.76. The van der Waals surface area contributed by atoms with Gasteiger partial charge in [0.05, 0.1) is 5.56 Å². The first kappa shape index (κ1) is 12.3. The minimum absolute atomic E-state index is 0.109. The van der Waals surface area contributed by atoms with E-state index in [1.807, 2.05) is 0 Å². The van der Waals surface area contributed by atoms with Crippen molar-refractivity contribution in [2.75, 3.05) is 0 Å². The van der Waals surface area contributed by atoms with Crippen LogP contribution >= 0.6 is 0 Å². The van der Waals surface area contributed by atoms with Crippen LogP contribution in [0.1, 0.15) is 16.1 Å². The number of carbonyl (C=O) groups is 1. The van der Waals surface area contributed by atoms with E-state index < -0.39 is 17.4 Å². The van der Waals surface area contributed by atoms with Gasteiger partial charge in [-0.1, -0.05) is 30.3 Å². The number of alkyl halides is 3. The van der Waals surface area contributed by atoms with E-state index in [2.05, 4.69) is 4.98 Å². The molecule has 0 atom stereocenters. The first-order valence-electron chi connectivity index (χ1n) is 5.10. The number of halogens is 3. The highest BCUT2D eigenvalue weighted by atomic mass is 19.4. The number of hydrogen-bond donors (Lipinski definition) is 0. The SMILES string of the molecule is O=Cc1ncc(-c2ccccc2)cc1C(F)(F)F. The van der Waals surface area contributed by atoms with E-state index in [1.54, 1.807) is 30.3 Å². The van der Waals surface area contributed by atoms with Crippen LogP contribution in [0.3, 0.4) is 0 Å². The molecular formula is C13H8F3NO. The van der Waals surface area contributed by atoms with Gasteiger partial charge < -0.3 is 0 Å². The number of benzene rings is 1. The number of aromatic nitrogens is 1. The molecule has 0 N–H and O–H groups in total. The summed E-state index contributed by atoms with van der Waals surface area (Å²) in [7, 11) is 0. The highest BCUT2D eigenvalue weighted by Gasteiger charge is 2.34. The number of carbonyl (C=O) groups excluding carboxylic acids is 1. The molecule has 0 fully saturated rings. The molecule has 1 heterocycles. The Morgan fingerprint density at radius 2 is 1.72 bits per heavy atom. The maximum Gasteiger partial charge on any atom is 0.418 e. The maximum absolute atomic E-state index is 12.7. The zero-order chi connectivity index (χ0) is 13.2. The lowest BCUT2D eigenvalue weighted by atomic mass is 10.0. The van der Waals surface area contributed by atoms with Crippen molar-refractivity contribution in [3.8, 4) is 11.1 Å². The predicted molar refractivity (Wildman–Crippen MR) is 60.1 cm³/mol. The van der Waals surface area contributed by atoms with Gasteiger partial charge in [-0.25, -0.2) is 0 Å². The molecule has 2 rings (SSSR count). The average molecular weight is 251 g/mol. The third-order valence-electron chi connectivity index (χ3n) is 2.44. The number of hydrogen-bond acceptors (Lipinski definition) is 2. The Balaban J connectivity index is 2.57. The highest BCUT2D eigenvalue weighted by Crippen LogP contribution is 2.33. The lowest BCUT2D eigenvalue weighted by Gasteiger charge is -2.10. The van der Waals surface area contributed by atoms with Crippen molar-refractivity contribution in [3.05, 3.63) is 53.9 Å². The molecule has 0 aliphatic rings. The Kier molecular flexibility index (Phi) is 3.14. The van der Waals surface area contributed by atoms with Crippen LogP contribution in [0.4, 0.5) is 13.2 Å². The Bertz CT molecular complexity index is 564. The summed E-state index contributed by atoms with van der Waals surface area (Å²) in [4.78, 5) is 14.1. The molecule has 0 aliphatic carbocycles. The van der Waals surface area contributed by atoms with Crippen molar-refractivity contribution in [1.82, 2.24) is 4.98 Å². The van der Waals surface area contributed by atoms with E-state index >= 15 is 0 Å². The minimum Gasteiger partial charge on any atom is -0.296 e. The molecular weight excluding hydrogens is 243 g/mol. The monoisotopic (exact) mass is 251 g/mol. The largest absolute Gasteiger partial charge is 0.418 e. The molecule has 1 aromatic heterocycles. The minimum atomic E-state index is -4.59. The number of pyridine rings is 1. The lowest BCUT2D eigenvalue weighted by Crippen LogP contribution is -2.10. The summed E-state index contributed by atoms with van der Waals surface area (Å²) >= 11 is 0. The van der Waals surface area contributed by atoms with E-state index in [1.165, 1.54) is 6.20 Å². The summed E-state index contributed by atoms with van der Waals surface area (Å²) in [5, 5.41) is 0. The van der Waals surface area contributed by atoms with Gasteiger partial charge in [-0.15, -0.1) is 0 Å². The fourth-order valence-electron chi connectivity index (χ4n) is 1.58. The van der Waals surface area contributed by atoms with Crippen LogP contribution in [-0.4, -0.2) is 11.3 Å². The van der Waals surface area contributed by atoms with E-state index in [4.69, 9.17) is 0 Å². The molecule has 18 heavy (non-hydrogen) atoms. The number of aldehydes is 1. The second-order valence-electron chi connectivity index (χ2n) is 3.64. The molecule has 92 valence electrons. The molecule has 0 amide bonds. The molecule has 5 heteroatoms. The van der Waals surface area contributed by atoms with Crippen molar-refractivity contribution >= 4 is 6.29 Å². The van der Waals surface area contributed by atoms with E-state index in [-0.39, 0.29) is 6.29 Å². The van der Waals surface area contributed by atoms with Crippen molar-refractivity contribution < 1.29 is 18.0 Å². The molecule has 0 unspecified atom stereocenters. The van der Waals surface area contributed by atoms with Gasteiger partial charge >= 0.3 is 6.18 Å². The normalized spacial score (nSPS) is 11.3. The number of rotatable bonds is 2. The summed E-state index contributed by atoms with van der Waals surface area (Å²) in [5.74, 6) is 0. The Morgan fingerprint density at radius 3 is 2.28 bits per heavy atom. The summed E-state index contributed by atoms with van der Waals surface area (Å²) in [6, 6.07) is 9.50. The van der Waals surface area contributed by atoms with Gasteiger partial charge in [0.2, 0.25) is 0 Å². The topological polar surface area (TPSA) is 30.0 Å². The van der Waals surface area contributed by atoms with Gasteiger partial charge in [0, 0.05) is 11.8 Å². The van der Waals surface area contributed by atoms with Gasteiger partial charge in [-0.05, 0) is 11.6 Å². The van der Waals surface area contributed by atoms with Crippen molar-refractivity contribution in [3.63, 3.8) is 0 Å². The third kappa shape index (κ3) is 2.40. The maximum atomic E-state index is 12.7. The Labute approximate surface area is 101 Å². The van der Waals surface area contributed by atoms with Gasteiger partial charge in [-0.3, -0.25) is 9.78 Å². The van der Waals surface area contributed by atoms with Gasteiger partial charge in [0.25, 0.3) is 0 Å². The standard InChI is InChI=1S/C13H8F3NO/c14-13(15,16)11-6-10(7-17-12(11)8-18)9-4-2-1-3-5-9/h1-8H. The van der Waals surface area contributed by atoms with Crippen LogP contribution in [0.15, 0.2) is 42.6 Å². The molecule has 0 saturated heterocycles. The second-order valence-corrected chi connectivity index (χ2v) is 3.64. The first-order chi connectivity index (χ1) is 8.52.